The Balaban J connectivity index is 0.00000144. The number of aromatic nitrogens is 4. The van der Waals surface area contributed by atoms with Crippen LogP contribution in [0.4, 0.5) is 14.6 Å². The second-order valence-electron chi connectivity index (χ2n) is 9.71. The first-order valence-electron chi connectivity index (χ1n) is 12.9. The van der Waals surface area contributed by atoms with Gasteiger partial charge in [0.2, 0.25) is 0 Å². The Bertz CT molecular complexity index is 1350. The SMILES string of the molecule is CC.COC1(c2nn3c(N4CCN[C@@H](C)C4)cc(SNC4(C#N)CC4)cc3c2-c2nnc(C(F)F)[se]2)CC1. The molecule has 3 aliphatic rings. The second kappa shape index (κ2) is 10.8. The van der Waals surface area contributed by atoms with E-state index < -0.39 is 32.1 Å². The number of rotatable bonds is 8. The number of anilines is 1. The molecule has 3 aromatic heterocycles. The summed E-state index contributed by atoms with van der Waals surface area (Å²) in [6.07, 6.45) is 0.662. The third-order valence-electron chi connectivity index (χ3n) is 7.08. The van der Waals surface area contributed by atoms with Crippen molar-refractivity contribution in [2.45, 2.75) is 75.0 Å². The van der Waals surface area contributed by atoms with E-state index in [0.717, 1.165) is 72.8 Å². The van der Waals surface area contributed by atoms with Crippen LogP contribution in [0, 0.1) is 11.3 Å². The van der Waals surface area contributed by atoms with Crippen molar-refractivity contribution in [1.82, 2.24) is 29.9 Å². The number of halogens is 2. The van der Waals surface area contributed by atoms with Gasteiger partial charge < -0.3 is 0 Å². The van der Waals surface area contributed by atoms with Crippen LogP contribution in [0.3, 0.4) is 0 Å². The third kappa shape index (κ3) is 5.10. The number of fused-ring (bicyclic) bond motifs is 1. The van der Waals surface area contributed by atoms with Crippen LogP contribution in [0.25, 0.3) is 15.6 Å². The Morgan fingerprint density at radius 1 is 1.26 bits per heavy atom. The van der Waals surface area contributed by atoms with Gasteiger partial charge in [0.15, 0.2) is 0 Å². The number of hydrogen-bond donors (Lipinski definition) is 2. The van der Waals surface area contributed by atoms with E-state index in [-0.39, 0.29) is 4.57 Å². The standard InChI is InChI=1S/C23H26F2N8OSSe.C2H6/c1-13-11-32(8-7-27-13)16-10-14(35-31-22(12-26)3-4-22)9-15-17(20-28-29-21(36-20)19(24)25)18(30-33(15)16)23(34-2)5-6-23;1-2/h9-10,13,19,27,31H,3-8,11H2,1-2H3;1-2H3/t13-;/m0./s1. The van der Waals surface area contributed by atoms with Gasteiger partial charge in [0.25, 0.3) is 0 Å². The van der Waals surface area contributed by atoms with Gasteiger partial charge in [-0.05, 0) is 0 Å². The number of nitriles is 1. The molecule has 0 unspecified atom stereocenters. The molecule has 1 atom stereocenters. The van der Waals surface area contributed by atoms with Crippen LogP contribution < -0.4 is 14.9 Å². The van der Waals surface area contributed by atoms with Crippen molar-refractivity contribution in [3.8, 4) is 16.2 Å². The molecule has 38 heavy (non-hydrogen) atoms. The molecule has 1 aliphatic heterocycles. The summed E-state index contributed by atoms with van der Waals surface area (Å²) in [5.41, 5.74) is 1.27. The summed E-state index contributed by atoms with van der Waals surface area (Å²) in [6.45, 7) is 8.62. The Morgan fingerprint density at radius 2 is 2.03 bits per heavy atom. The summed E-state index contributed by atoms with van der Waals surface area (Å²) in [7, 11) is 1.67. The molecule has 1 saturated heterocycles. The Labute approximate surface area is 231 Å². The van der Waals surface area contributed by atoms with Crippen molar-refractivity contribution < 1.29 is 13.5 Å². The van der Waals surface area contributed by atoms with Gasteiger partial charge in [-0.3, -0.25) is 0 Å². The zero-order valence-corrected chi connectivity index (χ0v) is 24.5. The first-order valence-corrected chi connectivity index (χ1v) is 15.5. The third-order valence-corrected chi connectivity index (χ3v) is 10.0. The first kappa shape index (κ1) is 27.5. The van der Waals surface area contributed by atoms with Gasteiger partial charge in [-0.2, -0.15) is 0 Å². The predicted molar refractivity (Wildman–Crippen MR) is 144 cm³/mol. The van der Waals surface area contributed by atoms with Crippen molar-refractivity contribution in [2.24, 2.45) is 0 Å². The maximum absolute atomic E-state index is 13.5. The molecular weight excluding hydrogens is 577 g/mol. The zero-order chi connectivity index (χ0) is 27.1. The van der Waals surface area contributed by atoms with Crippen LogP contribution in [0.1, 0.15) is 63.1 Å². The van der Waals surface area contributed by atoms with Gasteiger partial charge in [0, 0.05) is 0 Å². The number of nitrogens with zero attached hydrogens (tertiary/aromatic N) is 6. The van der Waals surface area contributed by atoms with Gasteiger partial charge in [0.05, 0.1) is 0 Å². The van der Waals surface area contributed by atoms with Crippen LogP contribution in [0.2, 0.25) is 0 Å². The van der Waals surface area contributed by atoms with Gasteiger partial charge in [-0.1, -0.05) is 13.8 Å². The molecule has 4 heterocycles. The fourth-order valence-electron chi connectivity index (χ4n) is 4.65. The second-order valence-corrected chi connectivity index (χ2v) is 12.7. The molecule has 13 heteroatoms. The molecule has 204 valence electrons. The monoisotopic (exact) mass is 610 g/mol. The van der Waals surface area contributed by atoms with Gasteiger partial charge in [-0.25, -0.2) is 0 Å². The van der Waals surface area contributed by atoms with E-state index in [1.165, 1.54) is 11.9 Å². The molecule has 0 bridgehead atoms. The average Bonchev–Trinajstić information content (AvgIpc) is 3.81. The fourth-order valence-corrected chi connectivity index (χ4v) is 7.13. The summed E-state index contributed by atoms with van der Waals surface area (Å²) < 4.78 is 38.4. The number of ether oxygens (including phenoxy) is 1. The normalized spacial score (nSPS) is 21.2. The number of piperazine rings is 1. The van der Waals surface area contributed by atoms with Crippen LogP contribution in [0.15, 0.2) is 17.0 Å². The van der Waals surface area contributed by atoms with Gasteiger partial charge >= 0.3 is 218 Å². The summed E-state index contributed by atoms with van der Waals surface area (Å²) in [5, 5.41) is 26.1. The molecule has 9 nitrogen and oxygen atoms in total. The fraction of sp³-hybridized carbons (Fsp3) is 0.600. The number of pyridine rings is 1. The van der Waals surface area contributed by atoms with Crippen LogP contribution in [-0.4, -0.2) is 72.6 Å². The molecule has 6 rings (SSSR count). The quantitative estimate of drug-likeness (QED) is 0.291. The summed E-state index contributed by atoms with van der Waals surface area (Å²) in [6, 6.07) is 6.78. The van der Waals surface area contributed by atoms with E-state index >= 15 is 0 Å². The molecule has 3 fully saturated rings. The summed E-state index contributed by atoms with van der Waals surface area (Å²) in [5.74, 6) is 0.924. The van der Waals surface area contributed by atoms with E-state index in [0.29, 0.717) is 10.6 Å². The van der Waals surface area contributed by atoms with E-state index in [1.54, 1.807) is 7.11 Å². The van der Waals surface area contributed by atoms with E-state index in [4.69, 9.17) is 9.84 Å². The predicted octanol–water partition coefficient (Wildman–Crippen LogP) is 3.90. The Morgan fingerprint density at radius 3 is 2.61 bits per heavy atom. The van der Waals surface area contributed by atoms with Crippen molar-refractivity contribution in [2.75, 3.05) is 31.6 Å². The molecule has 0 aromatic carbocycles. The molecule has 2 aliphatic carbocycles. The number of nitrogens with one attached hydrogen (secondary N) is 2. The molecule has 2 N–H and O–H groups in total. The van der Waals surface area contributed by atoms with Crippen molar-refractivity contribution >= 4 is 37.8 Å². The minimum absolute atomic E-state index is 0.168. The maximum atomic E-state index is 13.5. The first-order chi connectivity index (χ1) is 18.4. The van der Waals surface area contributed by atoms with E-state index in [9.17, 15) is 14.0 Å². The minimum atomic E-state index is -2.62. The van der Waals surface area contributed by atoms with Gasteiger partial charge in [-0.15, -0.1) is 0 Å². The number of methoxy groups -OCH3 is 1. The molecule has 0 spiro atoms. The topological polar surface area (TPSA) is 103 Å². The van der Waals surface area contributed by atoms with E-state index in [2.05, 4.69) is 44.2 Å². The Hall–Kier alpha value is -2.07. The van der Waals surface area contributed by atoms with Crippen molar-refractivity contribution in [3.63, 3.8) is 0 Å². The molecule has 2 saturated carbocycles. The molecule has 0 amide bonds. The average molecular weight is 610 g/mol. The molecular formula is C25H32F2N8OSSe. The molecule has 3 aromatic rings. The Kier molecular flexibility index (Phi) is 7.84. The van der Waals surface area contributed by atoms with Crippen molar-refractivity contribution in [1.29, 1.82) is 5.26 Å². The van der Waals surface area contributed by atoms with E-state index in [1.807, 2.05) is 24.4 Å². The van der Waals surface area contributed by atoms with Crippen molar-refractivity contribution in [3.05, 3.63) is 22.4 Å². The van der Waals surface area contributed by atoms with Crippen LogP contribution >= 0.6 is 11.9 Å². The summed E-state index contributed by atoms with van der Waals surface area (Å²) in [4.78, 5) is 3.23. The van der Waals surface area contributed by atoms with Crippen LogP contribution in [-0.2, 0) is 10.3 Å². The molecule has 0 radical (unpaired) electrons. The summed E-state index contributed by atoms with van der Waals surface area (Å²) >= 11 is 0.738. The van der Waals surface area contributed by atoms with Crippen LogP contribution in [0.5, 0.6) is 0 Å². The number of hydrogen-bond acceptors (Lipinski definition) is 9. The number of alkyl halides is 2. The van der Waals surface area contributed by atoms with Gasteiger partial charge in [0.1, 0.15) is 0 Å². The zero-order valence-electron chi connectivity index (χ0n) is 21.9.